The second-order valence-electron chi connectivity index (χ2n) is 5.83. The topological polar surface area (TPSA) is 112 Å². The minimum atomic E-state index is -0.773. The Balaban J connectivity index is 1.85. The minimum absolute atomic E-state index is 0.255. The highest BCUT2D eigenvalue weighted by Crippen LogP contribution is 2.30. The fourth-order valence-corrected chi connectivity index (χ4v) is 2.40. The predicted octanol–water partition coefficient (Wildman–Crippen LogP) is 3.00. The third-order valence-electron chi connectivity index (χ3n) is 3.71. The molecule has 0 fully saturated rings. The smallest absolute Gasteiger partial charge is 0.338 e. The van der Waals surface area contributed by atoms with Crippen LogP contribution in [0.4, 0.5) is 10.5 Å². The summed E-state index contributed by atoms with van der Waals surface area (Å²) in [5.74, 6) is 0.137. The summed E-state index contributed by atoms with van der Waals surface area (Å²) < 4.78 is 20.8. The van der Waals surface area contributed by atoms with E-state index in [2.05, 4.69) is 10.6 Å². The molecule has 0 spiro atoms. The average Bonchev–Trinajstić information content (AvgIpc) is 2.74. The zero-order valence-electron chi connectivity index (χ0n) is 17.0. The highest BCUT2D eigenvalue weighted by Gasteiger charge is 2.14. The molecule has 2 aromatic rings. The molecule has 0 aliphatic carbocycles. The van der Waals surface area contributed by atoms with E-state index in [9.17, 15) is 14.4 Å². The molecule has 9 nitrogen and oxygen atoms in total. The number of hydrogen-bond acceptors (Lipinski definition) is 7. The molecule has 30 heavy (non-hydrogen) atoms. The van der Waals surface area contributed by atoms with Crippen LogP contribution in [0.2, 0.25) is 0 Å². The molecule has 0 saturated heterocycles. The van der Waals surface area contributed by atoms with Crippen LogP contribution in [0.25, 0.3) is 0 Å². The Morgan fingerprint density at radius 1 is 0.900 bits per heavy atom. The molecule has 0 unspecified atom stereocenters. The van der Waals surface area contributed by atoms with Crippen LogP contribution < -0.4 is 24.8 Å². The Kier molecular flexibility index (Phi) is 8.49. The van der Waals surface area contributed by atoms with Gasteiger partial charge in [-0.3, -0.25) is 10.1 Å². The molecule has 2 rings (SSSR count). The summed E-state index contributed by atoms with van der Waals surface area (Å²) in [4.78, 5) is 35.8. The quantitative estimate of drug-likeness (QED) is 0.604. The molecule has 0 aliphatic heterocycles. The first-order valence-corrected chi connectivity index (χ1v) is 9.28. The van der Waals surface area contributed by atoms with Crippen LogP contribution in [0.15, 0.2) is 42.5 Å². The predicted molar refractivity (Wildman–Crippen MR) is 109 cm³/mol. The molecule has 0 aromatic heterocycles. The maximum Gasteiger partial charge on any atom is 0.338 e. The molecule has 0 radical (unpaired) electrons. The largest absolute Gasteiger partial charge is 0.497 e. The number of anilines is 1. The van der Waals surface area contributed by atoms with E-state index < -0.39 is 24.5 Å². The molecule has 2 N–H and O–H groups in total. The molecule has 2 aromatic carbocycles. The highest BCUT2D eigenvalue weighted by molar-refractivity contribution is 6.02. The van der Waals surface area contributed by atoms with Crippen molar-refractivity contribution in [3.63, 3.8) is 0 Å². The van der Waals surface area contributed by atoms with Crippen molar-refractivity contribution in [2.24, 2.45) is 0 Å². The number of imide groups is 1. The lowest BCUT2D eigenvalue weighted by Crippen LogP contribution is -2.37. The zero-order chi connectivity index (χ0) is 21.9. The molecule has 0 atom stereocenters. The highest BCUT2D eigenvalue weighted by atomic mass is 16.5. The van der Waals surface area contributed by atoms with Crippen molar-refractivity contribution in [1.29, 1.82) is 0 Å². The number of carbonyl (C=O) groups excluding carboxylic acids is 3. The molecule has 160 valence electrons. The number of hydrogen-bond donors (Lipinski definition) is 2. The summed E-state index contributed by atoms with van der Waals surface area (Å²) in [7, 11) is 1.51. The number of urea groups is 1. The first kappa shape index (κ1) is 22.5. The maximum absolute atomic E-state index is 12.0. The fourth-order valence-electron chi connectivity index (χ4n) is 2.40. The molecule has 0 bridgehead atoms. The van der Waals surface area contributed by atoms with E-state index in [1.54, 1.807) is 30.3 Å². The number of rotatable bonds is 9. The molecule has 0 heterocycles. The fraction of sp³-hybridized carbons (Fsp3) is 0.286. The van der Waals surface area contributed by atoms with Gasteiger partial charge in [-0.2, -0.15) is 0 Å². The van der Waals surface area contributed by atoms with Crippen LogP contribution >= 0.6 is 0 Å². The summed E-state index contributed by atoms with van der Waals surface area (Å²) >= 11 is 0. The van der Waals surface area contributed by atoms with Crippen LogP contribution in [-0.2, 0) is 9.53 Å². The number of benzene rings is 2. The number of carbonyl (C=O) groups is 3. The minimum Gasteiger partial charge on any atom is -0.497 e. The van der Waals surface area contributed by atoms with Gasteiger partial charge >= 0.3 is 12.0 Å². The maximum atomic E-state index is 12.0. The summed E-state index contributed by atoms with van der Waals surface area (Å²) in [5, 5.41) is 4.60. The average molecular weight is 416 g/mol. The summed E-state index contributed by atoms with van der Waals surface area (Å²) in [6, 6.07) is 10.3. The van der Waals surface area contributed by atoms with E-state index in [0.717, 1.165) is 0 Å². The third kappa shape index (κ3) is 6.69. The van der Waals surface area contributed by atoms with E-state index in [4.69, 9.17) is 18.9 Å². The summed E-state index contributed by atoms with van der Waals surface area (Å²) in [6.45, 7) is 3.97. The van der Waals surface area contributed by atoms with Gasteiger partial charge in [-0.1, -0.05) is 0 Å². The van der Waals surface area contributed by atoms with Crippen molar-refractivity contribution in [1.82, 2.24) is 5.32 Å². The Morgan fingerprint density at radius 3 is 2.20 bits per heavy atom. The van der Waals surface area contributed by atoms with Crippen LogP contribution in [0, 0.1) is 0 Å². The number of esters is 1. The van der Waals surface area contributed by atoms with Crippen LogP contribution in [-0.4, -0.2) is 44.8 Å². The number of amides is 3. The van der Waals surface area contributed by atoms with E-state index >= 15 is 0 Å². The van der Waals surface area contributed by atoms with Gasteiger partial charge in [0.2, 0.25) is 0 Å². The van der Waals surface area contributed by atoms with E-state index in [-0.39, 0.29) is 5.56 Å². The lowest BCUT2D eigenvalue weighted by atomic mass is 10.2. The van der Waals surface area contributed by atoms with Gasteiger partial charge in [0.25, 0.3) is 5.91 Å². The van der Waals surface area contributed by atoms with Crippen LogP contribution in [0.1, 0.15) is 24.2 Å². The lowest BCUT2D eigenvalue weighted by molar-refractivity contribution is -0.123. The second kappa shape index (κ2) is 11.3. The summed E-state index contributed by atoms with van der Waals surface area (Å²) in [6.07, 6.45) is 0. The standard InChI is InChI=1S/C21H24N2O7/c1-4-28-17-11-8-15(12-18(17)29-5-2)22-21(26)23-19(24)13-30-20(25)14-6-9-16(27-3)10-7-14/h6-12H,4-5,13H2,1-3H3,(H2,22,23,24,26). The van der Waals surface area contributed by atoms with Gasteiger partial charge in [0.15, 0.2) is 18.1 Å². The van der Waals surface area contributed by atoms with Gasteiger partial charge in [0.05, 0.1) is 25.9 Å². The third-order valence-corrected chi connectivity index (χ3v) is 3.71. The normalized spacial score (nSPS) is 9.97. The zero-order valence-corrected chi connectivity index (χ0v) is 17.0. The lowest BCUT2D eigenvalue weighted by Gasteiger charge is -2.13. The molecular formula is C21H24N2O7. The van der Waals surface area contributed by atoms with Gasteiger partial charge in [0.1, 0.15) is 5.75 Å². The SMILES string of the molecule is CCOc1ccc(NC(=O)NC(=O)COC(=O)c2ccc(OC)cc2)cc1OCC. The first-order chi connectivity index (χ1) is 14.5. The van der Waals surface area contributed by atoms with Gasteiger partial charge < -0.3 is 24.3 Å². The first-order valence-electron chi connectivity index (χ1n) is 9.28. The number of ether oxygens (including phenoxy) is 4. The van der Waals surface area contributed by atoms with Crippen LogP contribution in [0.5, 0.6) is 17.2 Å². The Morgan fingerprint density at radius 2 is 1.57 bits per heavy atom. The molecule has 0 saturated carbocycles. The van der Waals surface area contributed by atoms with Gasteiger partial charge in [-0.25, -0.2) is 9.59 Å². The molecule has 3 amide bonds. The van der Waals surface area contributed by atoms with Crippen molar-refractivity contribution < 1.29 is 33.3 Å². The Hall–Kier alpha value is -3.75. The van der Waals surface area contributed by atoms with Gasteiger partial charge in [-0.05, 0) is 50.2 Å². The van der Waals surface area contributed by atoms with Crippen molar-refractivity contribution in [2.75, 3.05) is 32.2 Å². The van der Waals surface area contributed by atoms with E-state index in [1.165, 1.54) is 19.2 Å². The van der Waals surface area contributed by atoms with Gasteiger partial charge in [0, 0.05) is 11.8 Å². The molecule has 0 aliphatic rings. The Labute approximate surface area is 174 Å². The summed E-state index contributed by atoms with van der Waals surface area (Å²) in [5.41, 5.74) is 0.660. The number of nitrogens with one attached hydrogen (secondary N) is 2. The monoisotopic (exact) mass is 416 g/mol. The number of methoxy groups -OCH3 is 1. The van der Waals surface area contributed by atoms with Crippen molar-refractivity contribution in [3.05, 3.63) is 48.0 Å². The van der Waals surface area contributed by atoms with E-state index in [0.29, 0.717) is 36.1 Å². The molecular weight excluding hydrogens is 392 g/mol. The van der Waals surface area contributed by atoms with Gasteiger partial charge in [-0.15, -0.1) is 0 Å². The van der Waals surface area contributed by atoms with Crippen LogP contribution in [0.3, 0.4) is 0 Å². The molecule has 9 heteroatoms. The van der Waals surface area contributed by atoms with E-state index in [1.807, 2.05) is 13.8 Å². The van der Waals surface area contributed by atoms with Crippen molar-refractivity contribution in [2.45, 2.75) is 13.8 Å². The Bertz CT molecular complexity index is 881. The second-order valence-corrected chi connectivity index (χ2v) is 5.83. The van der Waals surface area contributed by atoms with Crippen molar-refractivity contribution in [3.8, 4) is 17.2 Å². The van der Waals surface area contributed by atoms with Crippen molar-refractivity contribution >= 4 is 23.6 Å².